The van der Waals surface area contributed by atoms with E-state index in [1.54, 1.807) is 18.2 Å². The predicted molar refractivity (Wildman–Crippen MR) is 69.5 cm³/mol. The first kappa shape index (κ1) is 13.8. The zero-order valence-electron chi connectivity index (χ0n) is 10.4. The normalized spacial score (nSPS) is 19.3. The molecule has 2 rings (SSSR count). The predicted octanol–water partition coefficient (Wildman–Crippen LogP) is 1.57. The van der Waals surface area contributed by atoms with Crippen molar-refractivity contribution in [2.24, 2.45) is 0 Å². The van der Waals surface area contributed by atoms with Gasteiger partial charge < -0.3 is 14.7 Å². The fourth-order valence-electron chi connectivity index (χ4n) is 2.03. The van der Waals surface area contributed by atoms with Gasteiger partial charge in [-0.15, -0.1) is 0 Å². The van der Waals surface area contributed by atoms with Crippen molar-refractivity contribution in [2.75, 3.05) is 19.7 Å². The average Bonchev–Trinajstić information content (AvgIpc) is 2.37. The molecule has 0 aromatic heterocycles. The van der Waals surface area contributed by atoms with Crippen molar-refractivity contribution in [2.45, 2.75) is 13.0 Å². The Morgan fingerprint density at radius 3 is 2.79 bits per heavy atom. The number of halogens is 1. The second-order valence-electron chi connectivity index (χ2n) is 4.47. The van der Waals surface area contributed by atoms with Crippen LogP contribution in [0, 0.1) is 6.92 Å². The van der Waals surface area contributed by atoms with E-state index >= 15 is 0 Å². The first-order valence-electron chi connectivity index (χ1n) is 5.88. The molecular formula is C13H14ClNO4. The number of benzene rings is 1. The molecule has 6 heteroatoms. The van der Waals surface area contributed by atoms with Crippen LogP contribution in [0.1, 0.15) is 15.9 Å². The third-order valence-electron chi connectivity index (χ3n) is 2.92. The van der Waals surface area contributed by atoms with E-state index in [0.29, 0.717) is 17.1 Å². The molecule has 0 bridgehead atoms. The topological polar surface area (TPSA) is 66.8 Å². The summed E-state index contributed by atoms with van der Waals surface area (Å²) in [6, 6.07) is 5.08. The molecule has 1 fully saturated rings. The summed E-state index contributed by atoms with van der Waals surface area (Å²) < 4.78 is 5.08. The lowest BCUT2D eigenvalue weighted by Gasteiger charge is -2.31. The quantitative estimate of drug-likeness (QED) is 0.895. The van der Waals surface area contributed by atoms with Crippen LogP contribution in [0.4, 0.5) is 0 Å². The second-order valence-corrected chi connectivity index (χ2v) is 4.90. The lowest BCUT2D eigenvalue weighted by Crippen LogP contribution is -2.48. The molecule has 1 amide bonds. The van der Waals surface area contributed by atoms with Crippen LogP contribution in [0.5, 0.6) is 0 Å². The number of carbonyl (C=O) groups excluding carboxylic acids is 1. The van der Waals surface area contributed by atoms with Crippen molar-refractivity contribution in [1.82, 2.24) is 4.90 Å². The van der Waals surface area contributed by atoms with Gasteiger partial charge in [-0.1, -0.05) is 11.6 Å². The number of carboxylic acid groups (broad SMARTS) is 1. The Labute approximate surface area is 115 Å². The highest BCUT2D eigenvalue weighted by molar-refractivity contribution is 6.31. The van der Waals surface area contributed by atoms with E-state index in [2.05, 4.69) is 0 Å². The molecule has 1 aliphatic heterocycles. The highest BCUT2D eigenvalue weighted by atomic mass is 35.5. The first-order valence-corrected chi connectivity index (χ1v) is 6.26. The summed E-state index contributed by atoms with van der Waals surface area (Å²) in [6.07, 6.45) is -0.960. The number of aryl methyl sites for hydroxylation is 1. The highest BCUT2D eigenvalue weighted by Gasteiger charge is 2.29. The molecule has 1 aromatic carbocycles. The SMILES string of the molecule is Cc1cc(Cl)cc(C(=O)N2CCOC(C(=O)O)C2)c1. The average molecular weight is 284 g/mol. The Kier molecular flexibility index (Phi) is 4.07. The largest absolute Gasteiger partial charge is 0.479 e. The standard InChI is InChI=1S/C13H14ClNO4/c1-8-4-9(6-10(14)5-8)12(16)15-2-3-19-11(7-15)13(17)18/h4-6,11H,2-3,7H2,1H3,(H,17,18). The fraction of sp³-hybridized carbons (Fsp3) is 0.385. The van der Waals surface area contributed by atoms with Gasteiger partial charge in [-0.3, -0.25) is 4.79 Å². The van der Waals surface area contributed by atoms with E-state index in [4.69, 9.17) is 21.4 Å². The van der Waals surface area contributed by atoms with Crippen molar-refractivity contribution >= 4 is 23.5 Å². The van der Waals surface area contributed by atoms with Crippen molar-refractivity contribution in [3.8, 4) is 0 Å². The minimum atomic E-state index is -1.06. The highest BCUT2D eigenvalue weighted by Crippen LogP contribution is 2.17. The molecule has 1 saturated heterocycles. The van der Waals surface area contributed by atoms with Crippen LogP contribution in [-0.4, -0.2) is 47.7 Å². The summed E-state index contributed by atoms with van der Waals surface area (Å²) in [7, 11) is 0. The number of carbonyl (C=O) groups is 2. The molecule has 0 spiro atoms. The molecule has 1 unspecified atom stereocenters. The van der Waals surface area contributed by atoms with E-state index in [1.807, 2.05) is 6.92 Å². The van der Waals surface area contributed by atoms with Gasteiger partial charge >= 0.3 is 5.97 Å². The lowest BCUT2D eigenvalue weighted by molar-refractivity contribution is -0.154. The third kappa shape index (κ3) is 3.24. The van der Waals surface area contributed by atoms with Crippen molar-refractivity contribution in [3.05, 3.63) is 34.3 Å². The van der Waals surface area contributed by atoms with Crippen molar-refractivity contribution in [3.63, 3.8) is 0 Å². The van der Waals surface area contributed by atoms with Crippen LogP contribution in [0.15, 0.2) is 18.2 Å². The minimum absolute atomic E-state index is 0.0553. The summed E-state index contributed by atoms with van der Waals surface area (Å²) >= 11 is 5.92. The number of morpholine rings is 1. The van der Waals surface area contributed by atoms with Crippen LogP contribution in [-0.2, 0) is 9.53 Å². The first-order chi connectivity index (χ1) is 8.97. The Balaban J connectivity index is 2.16. The van der Waals surface area contributed by atoms with Gasteiger partial charge in [0, 0.05) is 17.1 Å². The van der Waals surface area contributed by atoms with Gasteiger partial charge in [0.2, 0.25) is 0 Å². The Morgan fingerprint density at radius 1 is 1.42 bits per heavy atom. The number of hydrogen-bond acceptors (Lipinski definition) is 3. The number of nitrogens with zero attached hydrogens (tertiary/aromatic N) is 1. The molecule has 0 aliphatic carbocycles. The molecule has 0 radical (unpaired) electrons. The molecule has 19 heavy (non-hydrogen) atoms. The van der Waals surface area contributed by atoms with E-state index in [9.17, 15) is 9.59 Å². The number of carboxylic acids is 1. The Morgan fingerprint density at radius 2 is 2.16 bits per heavy atom. The molecule has 1 heterocycles. The van der Waals surface area contributed by atoms with Gasteiger partial charge in [0.1, 0.15) is 0 Å². The van der Waals surface area contributed by atoms with Crippen LogP contribution in [0.25, 0.3) is 0 Å². The van der Waals surface area contributed by atoms with E-state index in [1.165, 1.54) is 4.90 Å². The number of rotatable bonds is 2. The monoisotopic (exact) mass is 283 g/mol. The Hall–Kier alpha value is -1.59. The van der Waals surface area contributed by atoms with Crippen molar-refractivity contribution < 1.29 is 19.4 Å². The van der Waals surface area contributed by atoms with Gasteiger partial charge in [-0.25, -0.2) is 4.79 Å². The molecule has 1 N–H and O–H groups in total. The minimum Gasteiger partial charge on any atom is -0.479 e. The molecule has 1 aliphatic rings. The fourth-order valence-corrected chi connectivity index (χ4v) is 2.32. The van der Waals surface area contributed by atoms with Gasteiger partial charge in [-0.2, -0.15) is 0 Å². The zero-order chi connectivity index (χ0) is 14.0. The summed E-state index contributed by atoms with van der Waals surface area (Å²) in [6.45, 7) is 2.51. The Bertz CT molecular complexity index is 497. The van der Waals surface area contributed by atoms with Gasteiger partial charge in [0.25, 0.3) is 5.91 Å². The lowest BCUT2D eigenvalue weighted by atomic mass is 10.1. The van der Waals surface area contributed by atoms with E-state index in [-0.39, 0.29) is 19.1 Å². The maximum absolute atomic E-state index is 12.3. The zero-order valence-corrected chi connectivity index (χ0v) is 11.2. The summed E-state index contributed by atoms with van der Waals surface area (Å²) in [5.41, 5.74) is 1.36. The maximum Gasteiger partial charge on any atom is 0.334 e. The molecular weight excluding hydrogens is 270 g/mol. The summed E-state index contributed by atoms with van der Waals surface area (Å²) in [5, 5.41) is 9.40. The maximum atomic E-state index is 12.3. The van der Waals surface area contributed by atoms with E-state index in [0.717, 1.165) is 5.56 Å². The summed E-state index contributed by atoms with van der Waals surface area (Å²) in [4.78, 5) is 24.7. The molecule has 1 aromatic rings. The number of aliphatic carboxylic acids is 1. The third-order valence-corrected chi connectivity index (χ3v) is 3.14. The van der Waals surface area contributed by atoms with Crippen LogP contribution in [0.3, 0.4) is 0 Å². The molecule has 5 nitrogen and oxygen atoms in total. The van der Waals surface area contributed by atoms with Crippen LogP contribution >= 0.6 is 11.6 Å². The van der Waals surface area contributed by atoms with Gasteiger partial charge in [0.15, 0.2) is 6.10 Å². The number of amides is 1. The van der Waals surface area contributed by atoms with Crippen LogP contribution in [0.2, 0.25) is 5.02 Å². The summed E-state index contributed by atoms with van der Waals surface area (Å²) in [5.74, 6) is -1.28. The smallest absolute Gasteiger partial charge is 0.334 e. The second kappa shape index (κ2) is 5.59. The number of hydrogen-bond donors (Lipinski definition) is 1. The molecule has 0 saturated carbocycles. The van der Waals surface area contributed by atoms with Crippen LogP contribution < -0.4 is 0 Å². The van der Waals surface area contributed by atoms with Gasteiger partial charge in [-0.05, 0) is 30.7 Å². The molecule has 1 atom stereocenters. The molecule has 102 valence electrons. The van der Waals surface area contributed by atoms with Crippen molar-refractivity contribution in [1.29, 1.82) is 0 Å². The number of ether oxygens (including phenoxy) is 1. The van der Waals surface area contributed by atoms with E-state index < -0.39 is 12.1 Å². The van der Waals surface area contributed by atoms with Gasteiger partial charge in [0.05, 0.1) is 13.2 Å².